The third kappa shape index (κ3) is 5.30. The summed E-state index contributed by atoms with van der Waals surface area (Å²) in [7, 11) is 0. The molecule has 1 N–H and O–H groups in total. The van der Waals surface area contributed by atoms with Gasteiger partial charge in [0.15, 0.2) is 0 Å². The molecule has 0 atom stereocenters. The van der Waals surface area contributed by atoms with Crippen LogP contribution in [0.25, 0.3) is 34.3 Å². The van der Waals surface area contributed by atoms with Crippen molar-refractivity contribution >= 4 is 35.6 Å². The van der Waals surface area contributed by atoms with Gasteiger partial charge >= 0.3 is 12.0 Å². The predicted molar refractivity (Wildman–Crippen MR) is 166 cm³/mol. The first kappa shape index (κ1) is 28.0. The van der Waals surface area contributed by atoms with E-state index in [1.807, 2.05) is 83.4 Å². The maximum absolute atomic E-state index is 13.7. The summed E-state index contributed by atoms with van der Waals surface area (Å²) in [6.45, 7) is 2.02. The van der Waals surface area contributed by atoms with Crippen LogP contribution in [-0.2, 0) is 14.3 Å². The zero-order valence-electron chi connectivity index (χ0n) is 23.6. The quantitative estimate of drug-likeness (QED) is 0.142. The normalized spacial score (nSPS) is 14.1. The number of carbonyl (C=O) groups is 4. The molecule has 0 unspecified atom stereocenters. The Kier molecular flexibility index (Phi) is 7.67. The van der Waals surface area contributed by atoms with Gasteiger partial charge in [-0.05, 0) is 66.6 Å². The second-order valence-corrected chi connectivity index (χ2v) is 9.83. The number of hydrogen-bond donors (Lipinski definition) is 1. The fourth-order valence-corrected chi connectivity index (χ4v) is 5.12. The van der Waals surface area contributed by atoms with Crippen LogP contribution in [-0.4, -0.2) is 40.0 Å². The van der Waals surface area contributed by atoms with Crippen LogP contribution in [0.4, 0.5) is 10.5 Å². The number of ether oxygens (including phenoxy) is 1. The molecule has 1 aliphatic heterocycles. The van der Waals surface area contributed by atoms with Crippen molar-refractivity contribution in [3.8, 4) is 28.2 Å². The van der Waals surface area contributed by atoms with Gasteiger partial charge < -0.3 is 9.30 Å². The first-order valence-corrected chi connectivity index (χ1v) is 13.9. The molecule has 44 heavy (non-hydrogen) atoms. The summed E-state index contributed by atoms with van der Waals surface area (Å²) in [6, 6.07) is 30.4. The van der Waals surface area contributed by atoms with Crippen molar-refractivity contribution in [1.29, 1.82) is 0 Å². The number of anilines is 1. The maximum Gasteiger partial charge on any atom is 0.338 e. The van der Waals surface area contributed by atoms with Crippen LogP contribution in [0.1, 0.15) is 22.8 Å². The number of aromatic nitrogens is 2. The van der Waals surface area contributed by atoms with Crippen molar-refractivity contribution < 1.29 is 23.9 Å². The van der Waals surface area contributed by atoms with E-state index in [2.05, 4.69) is 10.3 Å². The summed E-state index contributed by atoms with van der Waals surface area (Å²) in [5.74, 6) is -1.97. The van der Waals surface area contributed by atoms with E-state index in [1.165, 1.54) is 30.6 Å². The summed E-state index contributed by atoms with van der Waals surface area (Å²) in [5.41, 5.74) is 5.01. The monoisotopic (exact) mass is 582 g/mol. The van der Waals surface area contributed by atoms with E-state index in [-0.39, 0.29) is 17.9 Å². The molecular weight excluding hydrogens is 556 g/mol. The van der Waals surface area contributed by atoms with E-state index in [4.69, 9.17) is 4.74 Å². The van der Waals surface area contributed by atoms with Crippen LogP contribution >= 0.6 is 0 Å². The Morgan fingerprint density at radius 2 is 1.45 bits per heavy atom. The van der Waals surface area contributed by atoms with Crippen LogP contribution in [0, 0.1) is 0 Å². The molecular formula is C35H26N4O5. The van der Waals surface area contributed by atoms with Crippen molar-refractivity contribution in [1.82, 2.24) is 14.9 Å². The predicted octanol–water partition coefficient (Wildman–Crippen LogP) is 6.05. The molecule has 4 amide bonds. The molecule has 0 saturated carbocycles. The van der Waals surface area contributed by atoms with E-state index >= 15 is 0 Å². The average molecular weight is 583 g/mol. The molecule has 9 heteroatoms. The zero-order valence-corrected chi connectivity index (χ0v) is 23.6. The fourth-order valence-electron chi connectivity index (χ4n) is 5.12. The highest BCUT2D eigenvalue weighted by Crippen LogP contribution is 2.37. The largest absolute Gasteiger partial charge is 0.462 e. The SMILES string of the molecule is CCOC(=O)c1ccc(-n2c(-c3ccccc3)cc(/C=C3/C(=O)NC(=O)N(c4ccncc4)C3=O)c2-c2ccccc2)cc1. The first-order chi connectivity index (χ1) is 21.5. The number of hydrogen-bond acceptors (Lipinski definition) is 6. The van der Waals surface area contributed by atoms with E-state index in [9.17, 15) is 19.2 Å². The van der Waals surface area contributed by atoms with Gasteiger partial charge in [0.2, 0.25) is 0 Å². The van der Waals surface area contributed by atoms with E-state index in [0.29, 0.717) is 16.8 Å². The number of rotatable bonds is 7. The van der Waals surface area contributed by atoms with Crippen LogP contribution in [0.15, 0.2) is 121 Å². The Morgan fingerprint density at radius 1 is 0.818 bits per heavy atom. The molecule has 0 bridgehead atoms. The minimum atomic E-state index is -0.837. The number of carbonyl (C=O) groups excluding carboxylic acids is 4. The number of benzene rings is 3. The molecule has 9 nitrogen and oxygen atoms in total. The lowest BCUT2D eigenvalue weighted by Crippen LogP contribution is -2.54. The third-order valence-corrected chi connectivity index (χ3v) is 7.11. The highest BCUT2D eigenvalue weighted by molar-refractivity contribution is 6.39. The molecule has 1 saturated heterocycles. The molecule has 0 spiro atoms. The maximum atomic E-state index is 13.7. The standard InChI is InChI=1S/C35H26N4O5/c1-2-44-34(42)25-13-15-27(16-14-25)38-30(23-9-5-3-6-10-23)22-26(31(38)24-11-7-4-8-12-24)21-29-32(40)37-35(43)39(33(29)41)28-17-19-36-20-18-28/h3-22H,2H2,1H3,(H,37,40,43)/b29-21-. The molecule has 6 rings (SSSR count). The van der Waals surface area contributed by atoms with Crippen molar-refractivity contribution in [3.05, 3.63) is 132 Å². The summed E-state index contributed by atoms with van der Waals surface area (Å²) in [6.07, 6.45) is 4.43. The second kappa shape index (κ2) is 12.0. The summed E-state index contributed by atoms with van der Waals surface area (Å²) in [4.78, 5) is 56.8. The lowest BCUT2D eigenvalue weighted by molar-refractivity contribution is -0.122. The summed E-state index contributed by atoms with van der Waals surface area (Å²) < 4.78 is 7.18. The van der Waals surface area contributed by atoms with Crippen LogP contribution in [0.5, 0.6) is 0 Å². The van der Waals surface area contributed by atoms with Crippen molar-refractivity contribution in [3.63, 3.8) is 0 Å². The van der Waals surface area contributed by atoms with Gasteiger partial charge in [0.05, 0.1) is 29.2 Å². The van der Waals surface area contributed by atoms with E-state index < -0.39 is 23.8 Å². The van der Waals surface area contributed by atoms with Crippen molar-refractivity contribution in [2.75, 3.05) is 11.5 Å². The smallest absolute Gasteiger partial charge is 0.338 e. The highest BCUT2D eigenvalue weighted by Gasteiger charge is 2.37. The minimum Gasteiger partial charge on any atom is -0.462 e. The number of nitrogens with one attached hydrogen (secondary N) is 1. The molecule has 0 aliphatic carbocycles. The minimum absolute atomic E-state index is 0.201. The van der Waals surface area contributed by atoms with Gasteiger partial charge in [-0.25, -0.2) is 14.5 Å². The van der Waals surface area contributed by atoms with Crippen LogP contribution in [0.2, 0.25) is 0 Å². The topological polar surface area (TPSA) is 111 Å². The zero-order chi connectivity index (χ0) is 30.6. The molecule has 3 aromatic carbocycles. The van der Waals surface area contributed by atoms with Crippen LogP contribution < -0.4 is 10.2 Å². The Hall–Kier alpha value is -6.09. The Labute approximate surface area is 253 Å². The fraction of sp³-hybridized carbons (Fsp3) is 0.0571. The van der Waals surface area contributed by atoms with Gasteiger partial charge in [-0.1, -0.05) is 60.7 Å². The van der Waals surface area contributed by atoms with E-state index in [1.54, 1.807) is 19.1 Å². The average Bonchev–Trinajstić information content (AvgIpc) is 3.43. The number of pyridine rings is 1. The Bertz CT molecular complexity index is 1900. The number of esters is 1. The Morgan fingerprint density at radius 3 is 2.09 bits per heavy atom. The first-order valence-electron chi connectivity index (χ1n) is 13.9. The summed E-state index contributed by atoms with van der Waals surface area (Å²) >= 11 is 0. The van der Waals surface area contributed by atoms with E-state index in [0.717, 1.165) is 27.4 Å². The molecule has 216 valence electrons. The molecule has 5 aromatic rings. The van der Waals surface area contributed by atoms with Gasteiger partial charge in [-0.3, -0.25) is 19.9 Å². The van der Waals surface area contributed by atoms with Gasteiger partial charge in [0.25, 0.3) is 11.8 Å². The number of imide groups is 2. The third-order valence-electron chi connectivity index (χ3n) is 7.11. The number of amides is 4. The van der Waals surface area contributed by atoms with Crippen molar-refractivity contribution in [2.45, 2.75) is 6.92 Å². The van der Waals surface area contributed by atoms with Gasteiger partial charge in [0.1, 0.15) is 5.57 Å². The number of barbiturate groups is 1. The molecule has 3 heterocycles. The second-order valence-electron chi connectivity index (χ2n) is 9.83. The highest BCUT2D eigenvalue weighted by atomic mass is 16.5. The molecule has 0 radical (unpaired) electrons. The van der Waals surface area contributed by atoms with Crippen LogP contribution in [0.3, 0.4) is 0 Å². The number of urea groups is 1. The molecule has 1 fully saturated rings. The van der Waals surface area contributed by atoms with Gasteiger partial charge in [0, 0.05) is 23.6 Å². The van der Waals surface area contributed by atoms with Gasteiger partial charge in [-0.2, -0.15) is 0 Å². The molecule has 2 aromatic heterocycles. The number of nitrogens with zero attached hydrogens (tertiary/aromatic N) is 3. The molecule has 1 aliphatic rings. The lowest BCUT2D eigenvalue weighted by atomic mass is 10.0. The summed E-state index contributed by atoms with van der Waals surface area (Å²) in [5, 5.41) is 2.29. The lowest BCUT2D eigenvalue weighted by Gasteiger charge is -2.26. The Balaban J connectivity index is 1.57. The van der Waals surface area contributed by atoms with Crippen molar-refractivity contribution in [2.24, 2.45) is 0 Å². The van der Waals surface area contributed by atoms with Gasteiger partial charge in [-0.15, -0.1) is 0 Å².